The Hall–Kier alpha value is -1.44. The zero-order valence-corrected chi connectivity index (χ0v) is 12.4. The lowest BCUT2D eigenvalue weighted by molar-refractivity contribution is -0.153. The molecule has 7 heteroatoms. The minimum Gasteiger partial charge on any atom is -0.480 e. The highest BCUT2D eigenvalue weighted by molar-refractivity contribution is 7.91. The van der Waals surface area contributed by atoms with Gasteiger partial charge in [-0.3, -0.25) is 4.79 Å². The van der Waals surface area contributed by atoms with Crippen molar-refractivity contribution >= 4 is 37.4 Å². The molecule has 5 nitrogen and oxygen atoms in total. The minimum atomic E-state index is -3.75. The van der Waals surface area contributed by atoms with E-state index >= 15 is 0 Å². The van der Waals surface area contributed by atoms with Crippen LogP contribution >= 0.6 is 11.3 Å². The molecule has 20 heavy (non-hydrogen) atoms. The summed E-state index contributed by atoms with van der Waals surface area (Å²) in [6.45, 7) is 1.70. The van der Waals surface area contributed by atoms with Crippen molar-refractivity contribution in [1.29, 1.82) is 0 Å². The third-order valence-corrected chi connectivity index (χ3v) is 7.34. The molecule has 2 heterocycles. The van der Waals surface area contributed by atoms with E-state index in [-0.39, 0.29) is 10.8 Å². The van der Waals surface area contributed by atoms with Gasteiger partial charge in [-0.2, -0.15) is 4.31 Å². The molecule has 106 valence electrons. The van der Waals surface area contributed by atoms with Crippen LogP contribution in [0.5, 0.6) is 0 Å². The predicted molar refractivity (Wildman–Crippen MR) is 76.4 cm³/mol. The summed E-state index contributed by atoms with van der Waals surface area (Å²) in [5, 5.41) is 10.1. The Kier molecular flexibility index (Phi) is 2.89. The molecule has 1 aliphatic rings. The maximum Gasteiger partial charge on any atom is 0.324 e. The smallest absolute Gasteiger partial charge is 0.324 e. The van der Waals surface area contributed by atoms with Crippen molar-refractivity contribution in [2.75, 3.05) is 6.54 Å². The molecule has 1 aromatic heterocycles. The summed E-state index contributed by atoms with van der Waals surface area (Å²) in [6, 6.07) is 9.00. The summed E-state index contributed by atoms with van der Waals surface area (Å²) < 4.78 is 27.3. The van der Waals surface area contributed by atoms with Gasteiger partial charge in [-0.05, 0) is 30.9 Å². The van der Waals surface area contributed by atoms with E-state index in [1.807, 2.05) is 24.3 Å². The van der Waals surface area contributed by atoms with Crippen molar-refractivity contribution in [3.63, 3.8) is 0 Å². The van der Waals surface area contributed by atoms with Crippen LogP contribution in [0.1, 0.15) is 13.3 Å². The monoisotopic (exact) mass is 311 g/mol. The molecule has 0 aliphatic carbocycles. The average Bonchev–Trinajstić information content (AvgIpc) is 2.80. The van der Waals surface area contributed by atoms with Crippen LogP contribution in [-0.4, -0.2) is 35.9 Å². The Morgan fingerprint density at radius 3 is 2.65 bits per heavy atom. The van der Waals surface area contributed by atoms with Crippen molar-refractivity contribution in [3.05, 3.63) is 30.3 Å². The molecular formula is C13H13NO4S2. The molecule has 0 amide bonds. The number of sulfonamides is 1. The highest BCUT2D eigenvalue weighted by Gasteiger charge is 2.53. The van der Waals surface area contributed by atoms with Gasteiger partial charge in [-0.1, -0.05) is 18.2 Å². The number of rotatable bonds is 3. The van der Waals surface area contributed by atoms with E-state index in [1.165, 1.54) is 18.3 Å². The standard InChI is InChI=1S/C13H13NO4S2/c1-13(12(15)16)6-7-14(13)20(17,18)11-8-9-4-2-3-5-10(9)19-11/h2-5,8H,6-7H2,1H3,(H,15,16). The number of benzene rings is 1. The Labute approximate surface area is 120 Å². The second-order valence-electron chi connectivity index (χ2n) is 5.01. The summed E-state index contributed by atoms with van der Waals surface area (Å²) >= 11 is 1.17. The highest BCUT2D eigenvalue weighted by Crippen LogP contribution is 2.39. The quantitative estimate of drug-likeness (QED) is 0.942. The second kappa shape index (κ2) is 4.28. The number of aliphatic carboxylic acids is 1. The van der Waals surface area contributed by atoms with Crippen LogP contribution in [0.4, 0.5) is 0 Å². The van der Waals surface area contributed by atoms with Crippen LogP contribution in [0, 0.1) is 0 Å². The first-order valence-electron chi connectivity index (χ1n) is 6.10. The van der Waals surface area contributed by atoms with Crippen LogP contribution in [-0.2, 0) is 14.8 Å². The number of fused-ring (bicyclic) bond motifs is 1. The number of thiophene rings is 1. The number of hydrogen-bond acceptors (Lipinski definition) is 4. The minimum absolute atomic E-state index is 0.200. The SMILES string of the molecule is CC1(C(=O)O)CCN1S(=O)(=O)c1cc2ccccc2s1. The second-order valence-corrected chi connectivity index (χ2v) is 8.18. The molecule has 1 aliphatic heterocycles. The maximum atomic E-state index is 12.6. The van der Waals surface area contributed by atoms with Crippen LogP contribution < -0.4 is 0 Å². The number of carboxylic acid groups (broad SMARTS) is 1. The van der Waals surface area contributed by atoms with Gasteiger partial charge in [0.2, 0.25) is 0 Å². The van der Waals surface area contributed by atoms with Crippen molar-refractivity contribution in [2.45, 2.75) is 23.1 Å². The lowest BCUT2D eigenvalue weighted by Gasteiger charge is -2.45. The molecule has 1 saturated heterocycles. The molecule has 1 N–H and O–H groups in total. The van der Waals surface area contributed by atoms with Gasteiger partial charge in [-0.15, -0.1) is 11.3 Å². The molecule has 0 radical (unpaired) electrons. The van der Waals surface area contributed by atoms with Crippen molar-refractivity contribution in [2.24, 2.45) is 0 Å². The third-order valence-electron chi connectivity index (χ3n) is 3.76. The maximum absolute atomic E-state index is 12.6. The van der Waals surface area contributed by atoms with Crippen LogP contribution in [0.25, 0.3) is 10.1 Å². The number of nitrogens with zero attached hydrogens (tertiary/aromatic N) is 1. The molecule has 0 bridgehead atoms. The van der Waals surface area contributed by atoms with Crippen LogP contribution in [0.15, 0.2) is 34.5 Å². The van der Waals surface area contributed by atoms with Gasteiger partial charge in [-0.25, -0.2) is 8.42 Å². The largest absolute Gasteiger partial charge is 0.480 e. The van der Waals surface area contributed by atoms with E-state index < -0.39 is 21.5 Å². The molecule has 0 saturated carbocycles. The van der Waals surface area contributed by atoms with Gasteiger partial charge in [0.05, 0.1) is 0 Å². The van der Waals surface area contributed by atoms with E-state index in [0.717, 1.165) is 14.4 Å². The number of carboxylic acids is 1. The van der Waals surface area contributed by atoms with E-state index in [4.69, 9.17) is 0 Å². The summed E-state index contributed by atoms with van der Waals surface area (Å²) in [5.41, 5.74) is -1.32. The Morgan fingerprint density at radius 1 is 1.40 bits per heavy atom. The lowest BCUT2D eigenvalue weighted by Crippen LogP contribution is -2.64. The summed E-state index contributed by atoms with van der Waals surface area (Å²) in [7, 11) is -3.75. The molecule has 1 unspecified atom stereocenters. The predicted octanol–water partition coefficient (Wildman–Crippen LogP) is 2.14. The van der Waals surface area contributed by atoms with Gasteiger partial charge >= 0.3 is 5.97 Å². The first-order valence-corrected chi connectivity index (χ1v) is 8.36. The number of carbonyl (C=O) groups is 1. The van der Waals surface area contributed by atoms with E-state index in [9.17, 15) is 18.3 Å². The molecule has 3 rings (SSSR count). The molecular weight excluding hydrogens is 298 g/mol. The van der Waals surface area contributed by atoms with Gasteiger partial charge < -0.3 is 5.11 Å². The first-order chi connectivity index (χ1) is 9.35. The Balaban J connectivity index is 2.06. The fraction of sp³-hybridized carbons (Fsp3) is 0.308. The van der Waals surface area contributed by atoms with E-state index in [1.54, 1.807) is 6.07 Å². The van der Waals surface area contributed by atoms with Crippen molar-refractivity contribution < 1.29 is 18.3 Å². The highest BCUT2D eigenvalue weighted by atomic mass is 32.2. The van der Waals surface area contributed by atoms with Gasteiger partial charge in [0.15, 0.2) is 0 Å². The number of hydrogen-bond donors (Lipinski definition) is 1. The fourth-order valence-electron chi connectivity index (χ4n) is 2.33. The van der Waals surface area contributed by atoms with Gasteiger partial charge in [0.25, 0.3) is 10.0 Å². The van der Waals surface area contributed by atoms with E-state index in [2.05, 4.69) is 0 Å². The van der Waals surface area contributed by atoms with E-state index in [0.29, 0.717) is 6.42 Å². The van der Waals surface area contributed by atoms with Crippen LogP contribution in [0.2, 0.25) is 0 Å². The zero-order valence-electron chi connectivity index (χ0n) is 10.7. The zero-order chi connectivity index (χ0) is 14.5. The lowest BCUT2D eigenvalue weighted by atomic mass is 9.90. The normalized spacial score (nSPS) is 23.6. The summed E-state index contributed by atoms with van der Waals surface area (Å²) in [6.07, 6.45) is 0.340. The molecule has 1 atom stereocenters. The summed E-state index contributed by atoms with van der Waals surface area (Å²) in [4.78, 5) is 11.3. The molecule has 2 aromatic rings. The molecule has 1 fully saturated rings. The average molecular weight is 311 g/mol. The topological polar surface area (TPSA) is 74.7 Å². The van der Waals surface area contributed by atoms with Gasteiger partial charge in [0.1, 0.15) is 9.75 Å². The van der Waals surface area contributed by atoms with Crippen LogP contribution in [0.3, 0.4) is 0 Å². The third kappa shape index (κ3) is 1.77. The van der Waals surface area contributed by atoms with Crippen molar-refractivity contribution in [1.82, 2.24) is 4.31 Å². The van der Waals surface area contributed by atoms with Crippen molar-refractivity contribution in [3.8, 4) is 0 Å². The Bertz CT molecular complexity index is 763. The summed E-state index contributed by atoms with van der Waals surface area (Å²) in [5.74, 6) is -1.10. The first kappa shape index (κ1) is 13.5. The van der Waals surface area contributed by atoms with Gasteiger partial charge in [0, 0.05) is 11.2 Å². The fourth-order valence-corrected chi connectivity index (χ4v) is 5.61. The molecule has 0 spiro atoms. The molecule has 1 aromatic carbocycles. The Morgan fingerprint density at radius 2 is 2.10 bits per heavy atom.